The van der Waals surface area contributed by atoms with Crippen molar-refractivity contribution >= 4 is 11.8 Å². The summed E-state index contributed by atoms with van der Waals surface area (Å²) < 4.78 is 10.5. The monoisotopic (exact) mass is 252 g/mol. The fourth-order valence-corrected chi connectivity index (χ4v) is 1.26. The Kier molecular flexibility index (Phi) is 4.97. The van der Waals surface area contributed by atoms with Gasteiger partial charge < -0.3 is 15.2 Å². The van der Waals surface area contributed by atoms with Crippen LogP contribution in [-0.2, 0) is 4.74 Å². The summed E-state index contributed by atoms with van der Waals surface area (Å²) in [6.07, 6.45) is -0.488. The molecule has 0 aromatic heterocycles. The van der Waals surface area contributed by atoms with E-state index in [2.05, 4.69) is 5.32 Å². The zero-order chi connectivity index (χ0) is 13.6. The van der Waals surface area contributed by atoms with Crippen molar-refractivity contribution in [2.45, 2.75) is 26.4 Å². The predicted octanol–water partition coefficient (Wildman–Crippen LogP) is 2.37. The fourth-order valence-electron chi connectivity index (χ4n) is 1.26. The third-order valence-corrected chi connectivity index (χ3v) is 1.87. The number of amides is 1. The van der Waals surface area contributed by atoms with E-state index in [0.29, 0.717) is 24.6 Å². The van der Waals surface area contributed by atoms with Crippen molar-refractivity contribution in [3.8, 4) is 5.75 Å². The Labute approximate surface area is 107 Å². The van der Waals surface area contributed by atoms with Crippen molar-refractivity contribution in [2.24, 2.45) is 5.73 Å². The van der Waals surface area contributed by atoms with E-state index in [9.17, 15) is 4.79 Å². The van der Waals surface area contributed by atoms with E-state index in [1.807, 2.05) is 20.8 Å². The molecule has 0 aliphatic rings. The fraction of sp³-hybridized carbons (Fsp3) is 0.462. The highest BCUT2D eigenvalue weighted by atomic mass is 16.6. The number of rotatable bonds is 4. The minimum atomic E-state index is -0.516. The van der Waals surface area contributed by atoms with Crippen LogP contribution < -0.4 is 15.8 Å². The third kappa shape index (κ3) is 5.54. The second kappa shape index (κ2) is 6.26. The Balaban J connectivity index is 2.59. The van der Waals surface area contributed by atoms with Crippen LogP contribution in [0.3, 0.4) is 0 Å². The Bertz CT molecular complexity index is 399. The zero-order valence-corrected chi connectivity index (χ0v) is 11.0. The SMILES string of the molecule is CC(C)(C)OC(=O)Nc1cccc(OCCN)c1. The molecular formula is C13H20N2O3. The van der Waals surface area contributed by atoms with Crippen LogP contribution in [0.5, 0.6) is 5.75 Å². The number of hydrogen-bond donors (Lipinski definition) is 2. The molecule has 1 rings (SSSR count). The first-order valence-corrected chi connectivity index (χ1v) is 5.83. The maximum absolute atomic E-state index is 11.6. The van der Waals surface area contributed by atoms with Gasteiger partial charge in [0.25, 0.3) is 0 Å². The quantitative estimate of drug-likeness (QED) is 0.862. The number of benzene rings is 1. The standard InChI is InChI=1S/C13H20N2O3/c1-13(2,3)18-12(16)15-10-5-4-6-11(9-10)17-8-7-14/h4-6,9H,7-8,14H2,1-3H3,(H,15,16). The number of ether oxygens (including phenoxy) is 2. The normalized spacial score (nSPS) is 10.9. The Morgan fingerprint density at radius 2 is 2.11 bits per heavy atom. The number of anilines is 1. The van der Waals surface area contributed by atoms with E-state index in [-0.39, 0.29) is 0 Å². The first-order valence-electron chi connectivity index (χ1n) is 5.83. The van der Waals surface area contributed by atoms with Gasteiger partial charge in [-0.2, -0.15) is 0 Å². The lowest BCUT2D eigenvalue weighted by molar-refractivity contribution is 0.0636. The van der Waals surface area contributed by atoms with Crippen molar-refractivity contribution in [1.82, 2.24) is 0 Å². The molecule has 100 valence electrons. The number of carbonyl (C=O) groups is 1. The molecule has 0 aliphatic heterocycles. The highest BCUT2D eigenvalue weighted by Crippen LogP contribution is 2.18. The van der Waals surface area contributed by atoms with Gasteiger partial charge in [0.1, 0.15) is 18.0 Å². The van der Waals surface area contributed by atoms with Crippen LogP contribution in [0.15, 0.2) is 24.3 Å². The summed E-state index contributed by atoms with van der Waals surface area (Å²) in [5, 5.41) is 2.64. The lowest BCUT2D eigenvalue weighted by atomic mass is 10.2. The van der Waals surface area contributed by atoms with Crippen LogP contribution in [-0.4, -0.2) is 24.8 Å². The van der Waals surface area contributed by atoms with Gasteiger partial charge >= 0.3 is 6.09 Å². The minimum Gasteiger partial charge on any atom is -0.492 e. The summed E-state index contributed by atoms with van der Waals surface area (Å²) >= 11 is 0. The van der Waals surface area contributed by atoms with Crippen LogP contribution in [0, 0.1) is 0 Å². The molecule has 18 heavy (non-hydrogen) atoms. The molecule has 0 saturated carbocycles. The number of carbonyl (C=O) groups excluding carboxylic acids is 1. The lowest BCUT2D eigenvalue weighted by Crippen LogP contribution is -2.27. The van der Waals surface area contributed by atoms with Crippen molar-refractivity contribution in [1.29, 1.82) is 0 Å². The molecule has 0 bridgehead atoms. The van der Waals surface area contributed by atoms with Gasteiger partial charge in [-0.05, 0) is 32.9 Å². The van der Waals surface area contributed by atoms with Gasteiger partial charge in [-0.1, -0.05) is 6.07 Å². The van der Waals surface area contributed by atoms with Crippen LogP contribution in [0.4, 0.5) is 10.5 Å². The average molecular weight is 252 g/mol. The first-order chi connectivity index (χ1) is 8.40. The Hall–Kier alpha value is -1.75. The van der Waals surface area contributed by atoms with Crippen molar-refractivity contribution in [3.63, 3.8) is 0 Å². The predicted molar refractivity (Wildman–Crippen MR) is 70.8 cm³/mol. The molecule has 0 fully saturated rings. The van der Waals surface area contributed by atoms with Crippen molar-refractivity contribution in [2.75, 3.05) is 18.5 Å². The highest BCUT2D eigenvalue weighted by Gasteiger charge is 2.16. The van der Waals surface area contributed by atoms with Gasteiger partial charge in [-0.15, -0.1) is 0 Å². The van der Waals surface area contributed by atoms with E-state index in [4.69, 9.17) is 15.2 Å². The number of nitrogens with one attached hydrogen (secondary N) is 1. The van der Waals surface area contributed by atoms with Gasteiger partial charge in [0.2, 0.25) is 0 Å². The molecule has 0 heterocycles. The molecule has 3 N–H and O–H groups in total. The summed E-state index contributed by atoms with van der Waals surface area (Å²) in [5.74, 6) is 0.661. The molecule has 5 heteroatoms. The molecule has 0 unspecified atom stereocenters. The van der Waals surface area contributed by atoms with Crippen molar-refractivity contribution < 1.29 is 14.3 Å². The second-order valence-corrected chi connectivity index (χ2v) is 4.79. The van der Waals surface area contributed by atoms with Gasteiger partial charge in [0.15, 0.2) is 0 Å². The summed E-state index contributed by atoms with van der Waals surface area (Å²) in [6.45, 7) is 6.33. The molecule has 5 nitrogen and oxygen atoms in total. The number of nitrogens with two attached hydrogens (primary N) is 1. The Morgan fingerprint density at radius 1 is 1.39 bits per heavy atom. The highest BCUT2D eigenvalue weighted by molar-refractivity contribution is 5.85. The van der Waals surface area contributed by atoms with E-state index < -0.39 is 11.7 Å². The molecule has 0 spiro atoms. The zero-order valence-electron chi connectivity index (χ0n) is 11.0. The smallest absolute Gasteiger partial charge is 0.412 e. The van der Waals surface area contributed by atoms with Gasteiger partial charge in [-0.25, -0.2) is 4.79 Å². The summed E-state index contributed by atoms with van der Waals surface area (Å²) in [7, 11) is 0. The van der Waals surface area contributed by atoms with E-state index >= 15 is 0 Å². The second-order valence-electron chi connectivity index (χ2n) is 4.79. The molecule has 1 amide bonds. The maximum Gasteiger partial charge on any atom is 0.412 e. The van der Waals surface area contributed by atoms with Gasteiger partial charge in [-0.3, -0.25) is 5.32 Å². The molecule has 0 radical (unpaired) electrons. The van der Waals surface area contributed by atoms with E-state index in [1.165, 1.54) is 0 Å². The van der Waals surface area contributed by atoms with Crippen LogP contribution in [0.2, 0.25) is 0 Å². The van der Waals surface area contributed by atoms with Crippen molar-refractivity contribution in [3.05, 3.63) is 24.3 Å². The lowest BCUT2D eigenvalue weighted by Gasteiger charge is -2.19. The average Bonchev–Trinajstić information content (AvgIpc) is 2.24. The van der Waals surface area contributed by atoms with Crippen LogP contribution in [0.25, 0.3) is 0 Å². The van der Waals surface area contributed by atoms with Gasteiger partial charge in [0, 0.05) is 18.3 Å². The molecule has 1 aromatic carbocycles. The maximum atomic E-state index is 11.6. The topological polar surface area (TPSA) is 73.6 Å². The van der Waals surface area contributed by atoms with Gasteiger partial charge in [0.05, 0.1) is 0 Å². The van der Waals surface area contributed by atoms with E-state index in [1.54, 1.807) is 24.3 Å². The number of hydrogen-bond acceptors (Lipinski definition) is 4. The van der Waals surface area contributed by atoms with Crippen LogP contribution >= 0.6 is 0 Å². The first kappa shape index (κ1) is 14.3. The third-order valence-electron chi connectivity index (χ3n) is 1.87. The molecule has 0 saturated heterocycles. The van der Waals surface area contributed by atoms with E-state index in [0.717, 1.165) is 0 Å². The molecular weight excluding hydrogens is 232 g/mol. The summed E-state index contributed by atoms with van der Waals surface area (Å²) in [6, 6.07) is 7.08. The molecule has 0 aliphatic carbocycles. The van der Waals surface area contributed by atoms with Crippen LogP contribution in [0.1, 0.15) is 20.8 Å². The Morgan fingerprint density at radius 3 is 2.72 bits per heavy atom. The summed E-state index contributed by atoms with van der Waals surface area (Å²) in [5.41, 5.74) is 5.46. The minimum absolute atomic E-state index is 0.440. The molecule has 1 aromatic rings. The largest absolute Gasteiger partial charge is 0.492 e. The summed E-state index contributed by atoms with van der Waals surface area (Å²) in [4.78, 5) is 11.6. The molecule has 0 atom stereocenters.